The van der Waals surface area contributed by atoms with E-state index in [1.54, 1.807) is 32.4 Å². The first-order valence-corrected chi connectivity index (χ1v) is 11.1. The van der Waals surface area contributed by atoms with Crippen LogP contribution in [0.2, 0.25) is 0 Å². The Morgan fingerprint density at radius 3 is 1.81 bits per heavy atom. The van der Waals surface area contributed by atoms with E-state index in [0.717, 1.165) is 6.08 Å². The number of para-hydroxylation sites is 2. The van der Waals surface area contributed by atoms with E-state index in [-0.39, 0.29) is 17.3 Å². The number of phenols is 1. The lowest BCUT2D eigenvalue weighted by atomic mass is 10.1. The molecule has 0 aliphatic carbocycles. The Balaban J connectivity index is 1.80. The average Bonchev–Trinajstić information content (AvgIpc) is 2.95. The van der Waals surface area contributed by atoms with Gasteiger partial charge in [-0.05, 0) is 42.5 Å². The minimum Gasteiger partial charge on any atom is -0.507 e. The first-order chi connectivity index (χ1) is 17.9. The SMILES string of the molecule is C=CC(=O)C(=O)COc1ccc(-c2nc(-c3ccccc3OC)nc(-c3ccccc3OC)n2)c(O)c1. The molecule has 1 heterocycles. The van der Waals surface area contributed by atoms with Gasteiger partial charge in [-0.3, -0.25) is 9.59 Å². The number of methoxy groups -OCH3 is 2. The van der Waals surface area contributed by atoms with Gasteiger partial charge in [0.1, 0.15) is 23.0 Å². The van der Waals surface area contributed by atoms with Gasteiger partial charge < -0.3 is 19.3 Å². The van der Waals surface area contributed by atoms with Crippen LogP contribution in [0.25, 0.3) is 34.2 Å². The van der Waals surface area contributed by atoms with E-state index < -0.39 is 18.2 Å². The van der Waals surface area contributed by atoms with E-state index in [4.69, 9.17) is 14.2 Å². The Morgan fingerprint density at radius 2 is 1.32 bits per heavy atom. The predicted molar refractivity (Wildman–Crippen MR) is 137 cm³/mol. The number of nitrogens with zero attached hydrogens (tertiary/aromatic N) is 3. The molecular weight excluding hydrogens is 474 g/mol. The van der Waals surface area contributed by atoms with Crippen LogP contribution >= 0.6 is 0 Å². The maximum Gasteiger partial charge on any atom is 0.239 e. The Labute approximate surface area is 213 Å². The quantitative estimate of drug-likeness (QED) is 0.252. The Bertz CT molecular complexity index is 1420. The summed E-state index contributed by atoms with van der Waals surface area (Å²) in [5.74, 6) is 0.484. The highest BCUT2D eigenvalue weighted by atomic mass is 16.5. The van der Waals surface area contributed by atoms with Gasteiger partial charge in [-0.2, -0.15) is 0 Å². The van der Waals surface area contributed by atoms with Gasteiger partial charge in [0, 0.05) is 6.07 Å². The van der Waals surface area contributed by atoms with Crippen molar-refractivity contribution in [3.63, 3.8) is 0 Å². The summed E-state index contributed by atoms with van der Waals surface area (Å²) >= 11 is 0. The fraction of sp³-hybridized carbons (Fsp3) is 0.107. The third-order valence-corrected chi connectivity index (χ3v) is 5.37. The molecule has 0 amide bonds. The Kier molecular flexibility index (Phi) is 7.53. The number of hydrogen-bond donors (Lipinski definition) is 1. The summed E-state index contributed by atoms with van der Waals surface area (Å²) in [7, 11) is 3.11. The minimum absolute atomic E-state index is 0.190. The maximum atomic E-state index is 11.7. The number of benzene rings is 3. The first-order valence-electron chi connectivity index (χ1n) is 11.1. The second kappa shape index (κ2) is 11.1. The number of ketones is 2. The molecule has 0 aliphatic heterocycles. The predicted octanol–water partition coefficient (Wildman–Crippen LogP) is 4.30. The highest BCUT2D eigenvalue weighted by Gasteiger charge is 2.19. The summed E-state index contributed by atoms with van der Waals surface area (Å²) in [6, 6.07) is 19.0. The van der Waals surface area contributed by atoms with Crippen LogP contribution in [0.3, 0.4) is 0 Å². The molecule has 37 heavy (non-hydrogen) atoms. The number of aromatic hydroxyl groups is 1. The highest BCUT2D eigenvalue weighted by molar-refractivity contribution is 6.42. The van der Waals surface area contributed by atoms with Gasteiger partial charge in [0.2, 0.25) is 11.6 Å². The molecule has 0 fully saturated rings. The van der Waals surface area contributed by atoms with Crippen LogP contribution < -0.4 is 14.2 Å². The van der Waals surface area contributed by atoms with Crippen molar-refractivity contribution in [2.24, 2.45) is 0 Å². The lowest BCUT2D eigenvalue weighted by Crippen LogP contribution is -2.19. The lowest BCUT2D eigenvalue weighted by Gasteiger charge is -2.13. The molecule has 0 radical (unpaired) electrons. The van der Waals surface area contributed by atoms with E-state index in [9.17, 15) is 14.7 Å². The largest absolute Gasteiger partial charge is 0.507 e. The fourth-order valence-corrected chi connectivity index (χ4v) is 3.52. The molecule has 0 unspecified atom stereocenters. The summed E-state index contributed by atoms with van der Waals surface area (Å²) in [5, 5.41) is 10.8. The van der Waals surface area contributed by atoms with Gasteiger partial charge in [-0.1, -0.05) is 30.8 Å². The smallest absolute Gasteiger partial charge is 0.239 e. The van der Waals surface area contributed by atoms with Crippen molar-refractivity contribution in [3.8, 4) is 57.2 Å². The van der Waals surface area contributed by atoms with Crippen LogP contribution in [0.15, 0.2) is 79.4 Å². The normalized spacial score (nSPS) is 10.4. The summed E-state index contributed by atoms with van der Waals surface area (Å²) in [5.41, 5.74) is 1.57. The molecule has 0 atom stereocenters. The number of carbonyl (C=O) groups is 2. The number of phenolic OH excluding ortho intramolecular Hbond substituents is 1. The van der Waals surface area contributed by atoms with Crippen molar-refractivity contribution in [1.29, 1.82) is 0 Å². The van der Waals surface area contributed by atoms with Crippen molar-refractivity contribution in [3.05, 3.63) is 79.4 Å². The molecule has 4 rings (SSSR count). The van der Waals surface area contributed by atoms with Crippen LogP contribution in [-0.4, -0.2) is 52.5 Å². The van der Waals surface area contributed by atoms with Crippen LogP contribution in [0.4, 0.5) is 0 Å². The number of ether oxygens (including phenoxy) is 3. The standard InChI is InChI=1S/C28H23N3O6/c1-4-21(32)23(34)16-37-17-13-14-18(22(33)15-17)26-29-27(19-9-5-7-11-24(19)35-2)31-28(30-26)20-10-6-8-12-25(20)36-3/h4-15,33H,1,16H2,2-3H3. The number of aromatic nitrogens is 3. The van der Waals surface area contributed by atoms with E-state index in [1.807, 2.05) is 36.4 Å². The van der Waals surface area contributed by atoms with E-state index in [1.165, 1.54) is 12.1 Å². The summed E-state index contributed by atoms with van der Waals surface area (Å²) in [4.78, 5) is 37.0. The van der Waals surface area contributed by atoms with Crippen molar-refractivity contribution in [2.75, 3.05) is 20.8 Å². The third kappa shape index (κ3) is 5.46. The summed E-state index contributed by atoms with van der Waals surface area (Å²) in [6.07, 6.45) is 0.922. The zero-order valence-electron chi connectivity index (χ0n) is 20.2. The van der Waals surface area contributed by atoms with Crippen LogP contribution in [-0.2, 0) is 9.59 Å². The van der Waals surface area contributed by atoms with Crippen molar-refractivity contribution >= 4 is 11.6 Å². The number of allylic oxidation sites excluding steroid dienone is 1. The monoisotopic (exact) mass is 497 g/mol. The van der Waals surface area contributed by atoms with E-state index >= 15 is 0 Å². The fourth-order valence-electron chi connectivity index (χ4n) is 3.52. The zero-order valence-corrected chi connectivity index (χ0v) is 20.2. The van der Waals surface area contributed by atoms with Crippen LogP contribution in [0.1, 0.15) is 0 Å². The maximum absolute atomic E-state index is 11.7. The van der Waals surface area contributed by atoms with Gasteiger partial charge in [0.25, 0.3) is 0 Å². The number of rotatable bonds is 10. The third-order valence-electron chi connectivity index (χ3n) is 5.37. The van der Waals surface area contributed by atoms with Gasteiger partial charge in [-0.25, -0.2) is 15.0 Å². The molecule has 3 aromatic carbocycles. The highest BCUT2D eigenvalue weighted by Crippen LogP contribution is 2.36. The molecule has 0 saturated carbocycles. The second-order valence-corrected chi connectivity index (χ2v) is 7.67. The number of Topliss-reactive ketones (excluding diaryl/α,β-unsaturated/α-hetero) is 1. The molecule has 1 aromatic heterocycles. The van der Waals surface area contributed by atoms with Crippen LogP contribution in [0.5, 0.6) is 23.0 Å². The lowest BCUT2D eigenvalue weighted by molar-refractivity contribution is -0.135. The van der Waals surface area contributed by atoms with Gasteiger partial charge in [0.15, 0.2) is 24.1 Å². The molecule has 186 valence electrons. The zero-order chi connectivity index (χ0) is 26.4. The van der Waals surface area contributed by atoms with Gasteiger partial charge >= 0.3 is 0 Å². The molecule has 4 aromatic rings. The number of carbonyl (C=O) groups excluding carboxylic acids is 2. The number of hydrogen-bond acceptors (Lipinski definition) is 9. The van der Waals surface area contributed by atoms with Crippen molar-refractivity contribution in [1.82, 2.24) is 15.0 Å². The Morgan fingerprint density at radius 1 is 0.811 bits per heavy atom. The minimum atomic E-state index is -0.751. The molecule has 0 aliphatic rings. The van der Waals surface area contributed by atoms with Crippen molar-refractivity contribution in [2.45, 2.75) is 0 Å². The summed E-state index contributed by atoms with van der Waals surface area (Å²) < 4.78 is 16.3. The first kappa shape index (κ1) is 25.1. The molecular formula is C28H23N3O6. The van der Waals surface area contributed by atoms with Crippen molar-refractivity contribution < 1.29 is 28.9 Å². The molecule has 1 N–H and O–H groups in total. The molecule has 0 saturated heterocycles. The van der Waals surface area contributed by atoms with Gasteiger partial charge in [0.05, 0.1) is 30.9 Å². The van der Waals surface area contributed by atoms with E-state index in [0.29, 0.717) is 39.8 Å². The van der Waals surface area contributed by atoms with Gasteiger partial charge in [-0.15, -0.1) is 0 Å². The Hall–Kier alpha value is -5.05. The van der Waals surface area contributed by atoms with E-state index in [2.05, 4.69) is 21.5 Å². The van der Waals surface area contributed by atoms with Crippen LogP contribution in [0, 0.1) is 0 Å². The molecule has 9 heteroatoms. The topological polar surface area (TPSA) is 121 Å². The molecule has 0 bridgehead atoms. The molecule has 9 nitrogen and oxygen atoms in total. The molecule has 0 spiro atoms. The second-order valence-electron chi connectivity index (χ2n) is 7.67. The summed E-state index contributed by atoms with van der Waals surface area (Å²) in [6.45, 7) is 2.79. The average molecular weight is 498 g/mol.